The molecule has 6 nitrogen and oxygen atoms in total. The Morgan fingerprint density at radius 1 is 0.381 bits per heavy atom. The lowest BCUT2D eigenvalue weighted by Crippen LogP contribution is -2.03. The molecule has 5 aromatic carbocycles. The Hall–Kier alpha value is -6.06. The minimum absolute atomic E-state index is 0.446. The Kier molecular flexibility index (Phi) is 6.44. The van der Waals surface area contributed by atoms with E-state index in [1.807, 2.05) is 97.1 Å². The largest absolute Gasteiger partial charge is 0.228 e. The molecule has 0 N–H and O–H groups in total. The quantitative estimate of drug-likeness (QED) is 0.220. The number of fused-ring (bicyclic) bond motifs is 1. The van der Waals surface area contributed by atoms with Crippen molar-refractivity contribution in [2.24, 2.45) is 0 Å². The van der Waals surface area contributed by atoms with Crippen LogP contribution in [0, 0.1) is 11.3 Å². The third kappa shape index (κ3) is 4.99. The molecule has 0 radical (unpaired) electrons. The van der Waals surface area contributed by atoms with Crippen LogP contribution >= 0.6 is 0 Å². The normalized spacial score (nSPS) is 10.8. The van der Waals surface area contributed by atoms with E-state index in [1.54, 1.807) is 12.1 Å². The first kappa shape index (κ1) is 24.9. The van der Waals surface area contributed by atoms with Crippen LogP contribution in [-0.4, -0.2) is 24.9 Å². The summed E-state index contributed by atoms with van der Waals surface area (Å²) in [7, 11) is 0. The van der Waals surface area contributed by atoms with Crippen molar-refractivity contribution in [2.75, 3.05) is 0 Å². The van der Waals surface area contributed by atoms with Gasteiger partial charge in [-0.1, -0.05) is 109 Å². The smallest absolute Gasteiger partial charge is 0.182 e. The average Bonchev–Trinajstić information content (AvgIpc) is 3.08. The van der Waals surface area contributed by atoms with Gasteiger partial charge in [-0.05, 0) is 35.0 Å². The average molecular weight is 539 g/mol. The molecule has 0 saturated heterocycles. The first-order valence-corrected chi connectivity index (χ1v) is 13.5. The summed E-state index contributed by atoms with van der Waals surface area (Å²) in [5.74, 6) is 2.12. The van der Waals surface area contributed by atoms with E-state index in [9.17, 15) is 5.26 Å². The SMILES string of the molecule is N#Cc1ccc(-c2cc(-c3nc(-c4ccccc4)nc(-c4ccc5ccccc5c4)n3)nc(-c3ccccc3)n2)cc1. The number of hydrogen-bond donors (Lipinski definition) is 0. The first-order valence-electron chi connectivity index (χ1n) is 13.5. The predicted molar refractivity (Wildman–Crippen MR) is 165 cm³/mol. The monoisotopic (exact) mass is 538 g/mol. The van der Waals surface area contributed by atoms with Crippen molar-refractivity contribution in [3.05, 3.63) is 139 Å². The van der Waals surface area contributed by atoms with Gasteiger partial charge in [0, 0.05) is 22.3 Å². The minimum Gasteiger partial charge on any atom is -0.228 e. The Balaban J connectivity index is 1.44. The molecule has 0 aliphatic carbocycles. The van der Waals surface area contributed by atoms with Crippen molar-refractivity contribution in [1.29, 1.82) is 5.26 Å². The Morgan fingerprint density at radius 2 is 0.905 bits per heavy atom. The Morgan fingerprint density at radius 3 is 1.57 bits per heavy atom. The highest BCUT2D eigenvalue weighted by molar-refractivity contribution is 5.86. The van der Waals surface area contributed by atoms with E-state index in [4.69, 9.17) is 24.9 Å². The van der Waals surface area contributed by atoms with Crippen LogP contribution in [0.25, 0.3) is 67.7 Å². The standard InChI is InChI=1S/C36H22N6/c37-23-24-15-17-26(18-16-24)31-22-32(39-33(38-31)27-10-3-1-4-11-27)36-41-34(28-12-5-2-6-13-28)40-35(42-36)30-20-19-25-9-7-8-14-29(25)21-30/h1-22H. The molecule has 42 heavy (non-hydrogen) atoms. The van der Waals surface area contributed by atoms with E-state index in [2.05, 4.69) is 30.3 Å². The molecule has 2 heterocycles. The molecular weight excluding hydrogens is 516 g/mol. The summed E-state index contributed by atoms with van der Waals surface area (Å²) in [5, 5.41) is 11.5. The van der Waals surface area contributed by atoms with Crippen molar-refractivity contribution >= 4 is 10.8 Å². The van der Waals surface area contributed by atoms with Crippen molar-refractivity contribution in [3.8, 4) is 63.0 Å². The van der Waals surface area contributed by atoms with E-state index in [0.29, 0.717) is 40.2 Å². The summed E-state index contributed by atoms with van der Waals surface area (Å²) in [4.78, 5) is 24.6. The number of rotatable bonds is 5. The van der Waals surface area contributed by atoms with Crippen LogP contribution in [-0.2, 0) is 0 Å². The lowest BCUT2D eigenvalue weighted by molar-refractivity contribution is 1.05. The molecule has 0 saturated carbocycles. The van der Waals surface area contributed by atoms with Crippen LogP contribution in [0.1, 0.15) is 5.56 Å². The van der Waals surface area contributed by atoms with E-state index in [-0.39, 0.29) is 0 Å². The summed E-state index contributed by atoms with van der Waals surface area (Å²) in [6.45, 7) is 0. The topological polar surface area (TPSA) is 88.2 Å². The van der Waals surface area contributed by atoms with Gasteiger partial charge in [-0.25, -0.2) is 24.9 Å². The molecule has 2 aromatic heterocycles. The van der Waals surface area contributed by atoms with Gasteiger partial charge in [0.1, 0.15) is 5.69 Å². The summed E-state index contributed by atoms with van der Waals surface area (Å²) in [6.07, 6.45) is 0. The molecule has 0 spiro atoms. The summed E-state index contributed by atoms with van der Waals surface area (Å²) in [5.41, 5.74) is 5.37. The van der Waals surface area contributed by atoms with E-state index < -0.39 is 0 Å². The fourth-order valence-corrected chi connectivity index (χ4v) is 4.81. The third-order valence-corrected chi connectivity index (χ3v) is 6.97. The highest BCUT2D eigenvalue weighted by Gasteiger charge is 2.17. The zero-order valence-electron chi connectivity index (χ0n) is 22.4. The Bertz CT molecular complexity index is 2080. The molecular formula is C36H22N6. The van der Waals surface area contributed by atoms with Crippen LogP contribution in [0.4, 0.5) is 0 Å². The molecule has 0 fully saturated rings. The van der Waals surface area contributed by atoms with Crippen LogP contribution < -0.4 is 0 Å². The zero-order chi connectivity index (χ0) is 28.3. The third-order valence-electron chi connectivity index (χ3n) is 6.97. The number of nitrogens with zero attached hydrogens (tertiary/aromatic N) is 6. The molecule has 0 aliphatic rings. The van der Waals surface area contributed by atoms with Crippen LogP contribution in [0.2, 0.25) is 0 Å². The van der Waals surface area contributed by atoms with Gasteiger partial charge in [0.2, 0.25) is 0 Å². The van der Waals surface area contributed by atoms with Gasteiger partial charge >= 0.3 is 0 Å². The van der Waals surface area contributed by atoms with Gasteiger partial charge in [-0.3, -0.25) is 0 Å². The van der Waals surface area contributed by atoms with Crippen LogP contribution in [0.5, 0.6) is 0 Å². The zero-order valence-corrected chi connectivity index (χ0v) is 22.4. The molecule has 196 valence electrons. The van der Waals surface area contributed by atoms with Gasteiger partial charge in [0.05, 0.1) is 17.3 Å². The maximum Gasteiger partial charge on any atom is 0.182 e. The fourth-order valence-electron chi connectivity index (χ4n) is 4.81. The van der Waals surface area contributed by atoms with E-state index in [1.165, 1.54) is 0 Å². The maximum atomic E-state index is 9.28. The summed E-state index contributed by atoms with van der Waals surface area (Å²) >= 11 is 0. The predicted octanol–water partition coefficient (Wildman–Crippen LogP) is 8.02. The number of aromatic nitrogens is 5. The van der Waals surface area contributed by atoms with Gasteiger partial charge < -0.3 is 0 Å². The summed E-state index contributed by atoms with van der Waals surface area (Å²) < 4.78 is 0. The van der Waals surface area contributed by atoms with Crippen molar-refractivity contribution in [2.45, 2.75) is 0 Å². The molecule has 0 amide bonds. The highest BCUT2D eigenvalue weighted by atomic mass is 15.1. The highest BCUT2D eigenvalue weighted by Crippen LogP contribution is 2.30. The second-order valence-corrected chi connectivity index (χ2v) is 9.75. The van der Waals surface area contributed by atoms with Gasteiger partial charge in [0.25, 0.3) is 0 Å². The second kappa shape index (κ2) is 10.8. The number of nitriles is 1. The van der Waals surface area contributed by atoms with E-state index >= 15 is 0 Å². The molecule has 0 unspecified atom stereocenters. The second-order valence-electron chi connectivity index (χ2n) is 9.75. The lowest BCUT2D eigenvalue weighted by atomic mass is 10.1. The van der Waals surface area contributed by atoms with Gasteiger partial charge in [0.15, 0.2) is 23.3 Å². The molecule has 7 rings (SSSR count). The summed E-state index contributed by atoms with van der Waals surface area (Å²) in [6, 6.07) is 45.6. The first-order chi connectivity index (χ1) is 20.7. The fraction of sp³-hybridized carbons (Fsp3) is 0. The number of hydrogen-bond acceptors (Lipinski definition) is 6. The van der Waals surface area contributed by atoms with Gasteiger partial charge in [-0.15, -0.1) is 0 Å². The molecule has 7 aromatic rings. The molecule has 0 atom stereocenters. The van der Waals surface area contributed by atoms with Crippen LogP contribution in [0.3, 0.4) is 0 Å². The minimum atomic E-state index is 0.446. The maximum absolute atomic E-state index is 9.28. The Labute approximate surface area is 242 Å². The molecule has 0 bridgehead atoms. The number of benzene rings is 5. The van der Waals surface area contributed by atoms with Crippen LogP contribution in [0.15, 0.2) is 133 Å². The van der Waals surface area contributed by atoms with Crippen molar-refractivity contribution < 1.29 is 0 Å². The van der Waals surface area contributed by atoms with Crippen molar-refractivity contribution in [1.82, 2.24) is 24.9 Å². The van der Waals surface area contributed by atoms with Crippen molar-refractivity contribution in [3.63, 3.8) is 0 Å². The van der Waals surface area contributed by atoms with E-state index in [0.717, 1.165) is 33.0 Å². The molecule has 6 heteroatoms. The van der Waals surface area contributed by atoms with Gasteiger partial charge in [-0.2, -0.15) is 5.26 Å². The molecule has 0 aliphatic heterocycles. The lowest BCUT2D eigenvalue weighted by Gasteiger charge is -2.11.